The lowest BCUT2D eigenvalue weighted by atomic mass is 9.78. The standard InChI is InChI=1S/C12H24N2O2/c1-4-8-13-12(11(15)16)7-5-6-10(9-12)14(2)3/h10,13H,4-9H2,1-3H3,(H,15,16). The third kappa shape index (κ3) is 2.95. The summed E-state index contributed by atoms with van der Waals surface area (Å²) < 4.78 is 0. The largest absolute Gasteiger partial charge is 0.480 e. The van der Waals surface area contributed by atoms with Crippen molar-refractivity contribution in [2.75, 3.05) is 20.6 Å². The van der Waals surface area contributed by atoms with Gasteiger partial charge in [-0.3, -0.25) is 4.79 Å². The molecule has 0 heterocycles. The van der Waals surface area contributed by atoms with Gasteiger partial charge in [-0.15, -0.1) is 0 Å². The molecular formula is C12H24N2O2. The summed E-state index contributed by atoms with van der Waals surface area (Å²) >= 11 is 0. The van der Waals surface area contributed by atoms with Crippen LogP contribution in [0.15, 0.2) is 0 Å². The molecule has 0 aromatic carbocycles. The molecule has 2 atom stereocenters. The van der Waals surface area contributed by atoms with Crippen molar-refractivity contribution in [3.63, 3.8) is 0 Å². The highest BCUT2D eigenvalue weighted by molar-refractivity contribution is 5.79. The summed E-state index contributed by atoms with van der Waals surface area (Å²) in [5.74, 6) is -0.687. The lowest BCUT2D eigenvalue weighted by molar-refractivity contribution is -0.147. The highest BCUT2D eigenvalue weighted by Gasteiger charge is 2.42. The topological polar surface area (TPSA) is 52.6 Å². The van der Waals surface area contributed by atoms with Crippen LogP contribution in [0.1, 0.15) is 39.0 Å². The van der Waals surface area contributed by atoms with Crippen molar-refractivity contribution in [3.8, 4) is 0 Å². The molecule has 0 aromatic heterocycles. The number of hydrogen-bond donors (Lipinski definition) is 2. The maximum absolute atomic E-state index is 11.5. The van der Waals surface area contributed by atoms with Gasteiger partial charge in [0.2, 0.25) is 0 Å². The fourth-order valence-corrected chi connectivity index (χ4v) is 2.48. The number of nitrogens with one attached hydrogen (secondary N) is 1. The van der Waals surface area contributed by atoms with Gasteiger partial charge in [-0.2, -0.15) is 0 Å². The van der Waals surface area contributed by atoms with Gasteiger partial charge in [0, 0.05) is 6.04 Å². The van der Waals surface area contributed by atoms with Crippen LogP contribution >= 0.6 is 0 Å². The van der Waals surface area contributed by atoms with Gasteiger partial charge in [0.05, 0.1) is 0 Å². The molecule has 2 N–H and O–H groups in total. The van der Waals surface area contributed by atoms with Crippen molar-refractivity contribution in [2.45, 2.75) is 50.6 Å². The van der Waals surface area contributed by atoms with E-state index in [0.717, 1.165) is 38.6 Å². The Labute approximate surface area is 98.0 Å². The van der Waals surface area contributed by atoms with Crippen molar-refractivity contribution in [3.05, 3.63) is 0 Å². The first-order valence-corrected chi connectivity index (χ1v) is 6.16. The molecule has 0 aromatic rings. The van der Waals surface area contributed by atoms with Gasteiger partial charge < -0.3 is 15.3 Å². The Morgan fingerprint density at radius 2 is 2.25 bits per heavy atom. The van der Waals surface area contributed by atoms with Crippen LogP contribution in [-0.4, -0.2) is 48.2 Å². The second kappa shape index (κ2) is 5.64. The minimum atomic E-state index is -0.691. The molecule has 0 spiro atoms. The van der Waals surface area contributed by atoms with Crippen LogP contribution in [0.5, 0.6) is 0 Å². The average Bonchev–Trinajstić information content (AvgIpc) is 2.26. The number of carboxylic acids is 1. The van der Waals surface area contributed by atoms with Crippen LogP contribution in [0.2, 0.25) is 0 Å². The summed E-state index contributed by atoms with van der Waals surface area (Å²) in [6.07, 6.45) is 4.55. The maximum atomic E-state index is 11.5. The first-order chi connectivity index (χ1) is 7.52. The Hall–Kier alpha value is -0.610. The SMILES string of the molecule is CCCNC1(C(=O)O)CCCC(N(C)C)C1. The van der Waals surface area contributed by atoms with E-state index in [0.29, 0.717) is 6.04 Å². The molecule has 94 valence electrons. The second-order valence-electron chi connectivity index (χ2n) is 5.03. The van der Waals surface area contributed by atoms with E-state index in [1.807, 2.05) is 14.1 Å². The monoisotopic (exact) mass is 228 g/mol. The Kier molecular flexibility index (Phi) is 4.74. The Morgan fingerprint density at radius 3 is 2.75 bits per heavy atom. The summed E-state index contributed by atoms with van der Waals surface area (Å²) in [7, 11) is 4.06. The molecule has 0 amide bonds. The van der Waals surface area contributed by atoms with Crippen LogP contribution in [0.4, 0.5) is 0 Å². The number of carboxylic acid groups (broad SMARTS) is 1. The number of aliphatic carboxylic acids is 1. The third-order valence-corrected chi connectivity index (χ3v) is 3.58. The number of rotatable bonds is 5. The quantitative estimate of drug-likeness (QED) is 0.745. The Balaban J connectivity index is 2.72. The zero-order chi connectivity index (χ0) is 12.2. The Morgan fingerprint density at radius 1 is 1.56 bits per heavy atom. The van der Waals surface area contributed by atoms with Gasteiger partial charge in [-0.05, 0) is 52.7 Å². The normalized spacial score (nSPS) is 30.6. The van der Waals surface area contributed by atoms with Crippen molar-refractivity contribution >= 4 is 5.97 Å². The van der Waals surface area contributed by atoms with Crippen molar-refractivity contribution in [1.29, 1.82) is 0 Å². The summed E-state index contributed by atoms with van der Waals surface area (Å²) in [6, 6.07) is 0.384. The predicted molar refractivity (Wildman–Crippen MR) is 64.6 cm³/mol. The lowest BCUT2D eigenvalue weighted by Crippen LogP contribution is -2.57. The zero-order valence-corrected chi connectivity index (χ0v) is 10.6. The summed E-state index contributed by atoms with van der Waals surface area (Å²) in [6.45, 7) is 2.85. The van der Waals surface area contributed by atoms with E-state index >= 15 is 0 Å². The predicted octanol–water partition coefficient (Wildman–Crippen LogP) is 1.31. The van der Waals surface area contributed by atoms with E-state index in [9.17, 15) is 9.90 Å². The number of carbonyl (C=O) groups is 1. The average molecular weight is 228 g/mol. The molecule has 4 heteroatoms. The number of nitrogens with zero attached hydrogens (tertiary/aromatic N) is 1. The fraction of sp³-hybridized carbons (Fsp3) is 0.917. The molecule has 1 aliphatic rings. The van der Waals surface area contributed by atoms with E-state index < -0.39 is 11.5 Å². The molecule has 1 rings (SSSR count). The van der Waals surface area contributed by atoms with Gasteiger partial charge in [0.1, 0.15) is 5.54 Å². The van der Waals surface area contributed by atoms with E-state index in [-0.39, 0.29) is 0 Å². The fourth-order valence-electron chi connectivity index (χ4n) is 2.48. The van der Waals surface area contributed by atoms with Crippen LogP contribution in [0, 0.1) is 0 Å². The smallest absolute Gasteiger partial charge is 0.323 e. The van der Waals surface area contributed by atoms with E-state index in [1.165, 1.54) is 0 Å². The minimum Gasteiger partial charge on any atom is -0.480 e. The molecule has 1 fully saturated rings. The molecule has 4 nitrogen and oxygen atoms in total. The molecule has 0 radical (unpaired) electrons. The first kappa shape index (κ1) is 13.5. The van der Waals surface area contributed by atoms with E-state index in [4.69, 9.17) is 0 Å². The van der Waals surface area contributed by atoms with Crippen LogP contribution < -0.4 is 5.32 Å². The summed E-state index contributed by atoms with van der Waals surface area (Å²) in [5.41, 5.74) is -0.691. The molecule has 2 unspecified atom stereocenters. The zero-order valence-electron chi connectivity index (χ0n) is 10.6. The number of hydrogen-bond acceptors (Lipinski definition) is 3. The summed E-state index contributed by atoms with van der Waals surface area (Å²) in [5, 5.41) is 12.7. The third-order valence-electron chi connectivity index (χ3n) is 3.58. The van der Waals surface area contributed by atoms with Gasteiger partial charge in [-0.1, -0.05) is 6.92 Å². The molecule has 0 bridgehead atoms. The molecule has 16 heavy (non-hydrogen) atoms. The second-order valence-corrected chi connectivity index (χ2v) is 5.03. The van der Waals surface area contributed by atoms with Gasteiger partial charge >= 0.3 is 5.97 Å². The first-order valence-electron chi connectivity index (χ1n) is 6.16. The van der Waals surface area contributed by atoms with Gasteiger partial charge in [0.15, 0.2) is 0 Å². The van der Waals surface area contributed by atoms with Crippen LogP contribution in [-0.2, 0) is 4.79 Å². The maximum Gasteiger partial charge on any atom is 0.323 e. The van der Waals surface area contributed by atoms with Crippen molar-refractivity contribution in [1.82, 2.24) is 10.2 Å². The Bertz CT molecular complexity index is 243. The van der Waals surface area contributed by atoms with E-state index in [2.05, 4.69) is 17.1 Å². The van der Waals surface area contributed by atoms with Gasteiger partial charge in [-0.25, -0.2) is 0 Å². The molecular weight excluding hydrogens is 204 g/mol. The highest BCUT2D eigenvalue weighted by Crippen LogP contribution is 2.30. The molecule has 1 saturated carbocycles. The van der Waals surface area contributed by atoms with Crippen molar-refractivity contribution in [2.24, 2.45) is 0 Å². The summed E-state index contributed by atoms with van der Waals surface area (Å²) in [4.78, 5) is 13.6. The van der Waals surface area contributed by atoms with E-state index in [1.54, 1.807) is 0 Å². The molecule has 0 aliphatic heterocycles. The molecule has 0 saturated heterocycles. The minimum absolute atomic E-state index is 0.384. The highest BCUT2D eigenvalue weighted by atomic mass is 16.4. The van der Waals surface area contributed by atoms with Gasteiger partial charge in [0.25, 0.3) is 0 Å². The van der Waals surface area contributed by atoms with Crippen LogP contribution in [0.3, 0.4) is 0 Å². The lowest BCUT2D eigenvalue weighted by Gasteiger charge is -2.40. The molecule has 1 aliphatic carbocycles. The van der Waals surface area contributed by atoms with Crippen LogP contribution in [0.25, 0.3) is 0 Å². The van der Waals surface area contributed by atoms with Crippen molar-refractivity contribution < 1.29 is 9.90 Å².